The molecule has 0 radical (unpaired) electrons. The number of halogens is 4. The van der Waals surface area contributed by atoms with Crippen LogP contribution in [0.5, 0.6) is 0 Å². The second kappa shape index (κ2) is 11.4. The van der Waals surface area contributed by atoms with Gasteiger partial charge in [-0.05, 0) is 65.9 Å². The lowest BCUT2D eigenvalue weighted by molar-refractivity contribution is -0.172. The van der Waals surface area contributed by atoms with Crippen molar-refractivity contribution < 1.29 is 27.5 Å². The Morgan fingerprint density at radius 1 is 1.12 bits per heavy atom. The summed E-state index contributed by atoms with van der Waals surface area (Å²) in [4.78, 5) is 26.2. The van der Waals surface area contributed by atoms with Crippen molar-refractivity contribution in [3.63, 3.8) is 0 Å². The molecule has 1 fully saturated rings. The normalized spacial score (nSPS) is 14.5. The first kappa shape index (κ1) is 26.3. The van der Waals surface area contributed by atoms with Crippen LogP contribution in [0.3, 0.4) is 0 Å². The molecule has 1 amide bonds. The van der Waals surface area contributed by atoms with Crippen LogP contribution in [0.15, 0.2) is 30.3 Å². The van der Waals surface area contributed by atoms with Gasteiger partial charge in [-0.1, -0.05) is 19.8 Å². The molecule has 0 spiro atoms. The molecule has 3 rings (SSSR count). The number of likely N-dealkylation sites (tertiary alicyclic amines) is 1. The third-order valence-electron chi connectivity index (χ3n) is 5.53. The van der Waals surface area contributed by atoms with E-state index in [0.29, 0.717) is 10.1 Å². The number of nitrogens with one attached hydrogen (secondary N) is 2. The Kier molecular flexibility index (Phi) is 8.80. The molecule has 6 nitrogen and oxygen atoms in total. The van der Waals surface area contributed by atoms with E-state index in [1.807, 2.05) is 22.6 Å². The SMILES string of the molecule is CCCCCNCC1(OC(C)=O)CN(C(=O)c2ccc(F)c(F)c2Nc2ccc(I)cc2F)C1. The largest absolute Gasteiger partial charge is 0.454 e. The topological polar surface area (TPSA) is 70.7 Å². The van der Waals surface area contributed by atoms with Crippen LogP contribution in [-0.4, -0.2) is 48.6 Å². The molecule has 0 unspecified atom stereocenters. The number of unbranched alkanes of at least 4 members (excludes halogenated alkanes) is 2. The van der Waals surface area contributed by atoms with Gasteiger partial charge in [0.15, 0.2) is 17.2 Å². The molecule has 0 aliphatic carbocycles. The number of carbonyl (C=O) groups is 2. The second-order valence-electron chi connectivity index (χ2n) is 8.35. The maximum atomic E-state index is 14.7. The van der Waals surface area contributed by atoms with Gasteiger partial charge < -0.3 is 20.3 Å². The van der Waals surface area contributed by atoms with Crippen LogP contribution in [0.1, 0.15) is 43.5 Å². The van der Waals surface area contributed by atoms with Crippen molar-refractivity contribution in [1.29, 1.82) is 0 Å². The van der Waals surface area contributed by atoms with E-state index in [1.165, 1.54) is 24.0 Å². The summed E-state index contributed by atoms with van der Waals surface area (Å²) < 4.78 is 49.1. The van der Waals surface area contributed by atoms with Crippen molar-refractivity contribution in [3.8, 4) is 0 Å². The van der Waals surface area contributed by atoms with Crippen molar-refractivity contribution in [2.45, 2.75) is 38.7 Å². The van der Waals surface area contributed by atoms with Gasteiger partial charge in [0.25, 0.3) is 5.91 Å². The number of hydrogen-bond acceptors (Lipinski definition) is 5. The van der Waals surface area contributed by atoms with Gasteiger partial charge in [-0.3, -0.25) is 9.59 Å². The number of nitrogens with zero attached hydrogens (tertiary/aromatic N) is 1. The Morgan fingerprint density at radius 2 is 1.85 bits per heavy atom. The zero-order valence-electron chi connectivity index (χ0n) is 19.0. The van der Waals surface area contributed by atoms with Gasteiger partial charge in [0, 0.05) is 17.0 Å². The summed E-state index contributed by atoms with van der Waals surface area (Å²) in [6.07, 6.45) is 3.13. The molecule has 1 heterocycles. The molecule has 0 bridgehead atoms. The lowest BCUT2D eigenvalue weighted by Gasteiger charge is -2.49. The predicted molar refractivity (Wildman–Crippen MR) is 132 cm³/mol. The molecule has 1 aliphatic heterocycles. The molecule has 1 aliphatic rings. The first-order chi connectivity index (χ1) is 16.2. The average Bonchev–Trinajstić information content (AvgIpc) is 2.75. The van der Waals surface area contributed by atoms with E-state index in [-0.39, 0.29) is 24.3 Å². The lowest BCUT2D eigenvalue weighted by Crippen LogP contribution is -2.69. The summed E-state index contributed by atoms with van der Waals surface area (Å²) in [5, 5.41) is 5.79. The fraction of sp³-hybridized carbons (Fsp3) is 0.417. The van der Waals surface area contributed by atoms with Gasteiger partial charge in [0.1, 0.15) is 5.82 Å². The first-order valence-electron chi connectivity index (χ1n) is 11.1. The first-order valence-corrected chi connectivity index (χ1v) is 12.1. The minimum Gasteiger partial charge on any atom is -0.454 e. The van der Waals surface area contributed by atoms with Crippen LogP contribution in [0.25, 0.3) is 0 Å². The van der Waals surface area contributed by atoms with Crippen LogP contribution in [0.2, 0.25) is 0 Å². The quantitative estimate of drug-likeness (QED) is 0.232. The summed E-state index contributed by atoms with van der Waals surface area (Å²) in [6.45, 7) is 4.73. The number of ether oxygens (including phenoxy) is 1. The van der Waals surface area contributed by atoms with Crippen molar-refractivity contribution in [2.24, 2.45) is 0 Å². The second-order valence-corrected chi connectivity index (χ2v) is 9.60. The van der Waals surface area contributed by atoms with Crippen molar-refractivity contribution in [2.75, 3.05) is 31.5 Å². The van der Waals surface area contributed by atoms with E-state index < -0.39 is 40.6 Å². The number of amides is 1. The van der Waals surface area contributed by atoms with E-state index >= 15 is 0 Å². The van der Waals surface area contributed by atoms with E-state index in [2.05, 4.69) is 17.6 Å². The van der Waals surface area contributed by atoms with Gasteiger partial charge in [-0.2, -0.15) is 0 Å². The zero-order chi connectivity index (χ0) is 24.9. The van der Waals surface area contributed by atoms with Crippen LogP contribution in [0, 0.1) is 21.0 Å². The summed E-state index contributed by atoms with van der Waals surface area (Å²) in [5.41, 5.74) is -1.58. The van der Waals surface area contributed by atoms with Crippen LogP contribution in [-0.2, 0) is 9.53 Å². The third-order valence-corrected chi connectivity index (χ3v) is 6.20. The molecule has 2 aromatic rings. The molecule has 0 aromatic heterocycles. The standard InChI is InChI=1S/C24H27F3IN3O3/c1-3-4-5-10-29-12-24(34-15(2)32)13-31(14-24)23(33)17-7-8-18(25)21(27)22(17)30-20-9-6-16(28)11-19(20)26/h6-9,11,29-30H,3-5,10,12-14H2,1-2H3. The fourth-order valence-electron chi connectivity index (χ4n) is 3.87. The van der Waals surface area contributed by atoms with Crippen molar-refractivity contribution >= 4 is 45.8 Å². The predicted octanol–water partition coefficient (Wildman–Crippen LogP) is 4.99. The molecule has 34 heavy (non-hydrogen) atoms. The van der Waals surface area contributed by atoms with E-state index in [9.17, 15) is 22.8 Å². The highest BCUT2D eigenvalue weighted by molar-refractivity contribution is 14.1. The average molecular weight is 589 g/mol. The van der Waals surface area contributed by atoms with Gasteiger partial charge in [-0.15, -0.1) is 0 Å². The lowest BCUT2D eigenvalue weighted by atomic mass is 9.92. The summed E-state index contributed by atoms with van der Waals surface area (Å²) in [6, 6.07) is 6.23. The monoisotopic (exact) mass is 589 g/mol. The molecule has 2 aromatic carbocycles. The number of carbonyl (C=O) groups excluding carboxylic acids is 2. The number of esters is 1. The molecule has 0 atom stereocenters. The highest BCUT2D eigenvalue weighted by Crippen LogP contribution is 2.33. The Morgan fingerprint density at radius 3 is 2.50 bits per heavy atom. The highest BCUT2D eigenvalue weighted by Gasteiger charge is 2.48. The number of hydrogen-bond donors (Lipinski definition) is 2. The Bertz CT molecular complexity index is 1060. The minimum atomic E-state index is -1.28. The molecule has 1 saturated heterocycles. The number of rotatable bonds is 10. The molecule has 10 heteroatoms. The van der Waals surface area contributed by atoms with Crippen LogP contribution >= 0.6 is 22.6 Å². The van der Waals surface area contributed by atoms with Gasteiger partial charge in [-0.25, -0.2) is 13.2 Å². The number of anilines is 2. The van der Waals surface area contributed by atoms with Gasteiger partial charge >= 0.3 is 5.97 Å². The third kappa shape index (κ3) is 6.21. The van der Waals surface area contributed by atoms with Crippen LogP contribution < -0.4 is 10.6 Å². The summed E-state index contributed by atoms with van der Waals surface area (Å²) in [7, 11) is 0. The molecule has 0 saturated carbocycles. The molecular formula is C24H27F3IN3O3. The van der Waals surface area contributed by atoms with Crippen molar-refractivity contribution in [3.05, 3.63) is 56.9 Å². The maximum Gasteiger partial charge on any atom is 0.303 e. The number of benzene rings is 2. The maximum absolute atomic E-state index is 14.7. The Labute approximate surface area is 210 Å². The smallest absolute Gasteiger partial charge is 0.303 e. The highest BCUT2D eigenvalue weighted by atomic mass is 127. The Balaban J connectivity index is 1.78. The minimum absolute atomic E-state index is 0.0897. The van der Waals surface area contributed by atoms with E-state index in [4.69, 9.17) is 4.74 Å². The Hall–Kier alpha value is -2.34. The molecule has 2 N–H and O–H groups in total. The molecule has 184 valence electrons. The fourth-order valence-corrected chi connectivity index (χ4v) is 4.33. The van der Waals surface area contributed by atoms with Crippen LogP contribution in [0.4, 0.5) is 24.5 Å². The van der Waals surface area contributed by atoms with Gasteiger partial charge in [0.05, 0.1) is 30.0 Å². The molecular weight excluding hydrogens is 562 g/mol. The van der Waals surface area contributed by atoms with E-state index in [1.54, 1.807) is 6.07 Å². The zero-order valence-corrected chi connectivity index (χ0v) is 21.2. The summed E-state index contributed by atoms with van der Waals surface area (Å²) in [5.74, 6) is -4.17. The van der Waals surface area contributed by atoms with E-state index in [0.717, 1.165) is 37.9 Å². The van der Waals surface area contributed by atoms with Gasteiger partial charge in [0.2, 0.25) is 0 Å². The van der Waals surface area contributed by atoms with Crippen molar-refractivity contribution in [1.82, 2.24) is 10.2 Å². The summed E-state index contributed by atoms with van der Waals surface area (Å²) >= 11 is 1.93.